The standard InChI is InChI=1S/C20H22N4O3S/c1-23-10-12-24(13-11-23)28(26,27)16-5-2-4-15(14-16)20(25)22-19-7-3-6-18-17(19)8-9-21-18/h2-9,14,21H,10-13H2,1H3,(H,22,25). The normalized spacial score (nSPS) is 16.3. The number of amides is 1. The number of sulfonamides is 1. The summed E-state index contributed by atoms with van der Waals surface area (Å²) in [6, 6.07) is 13.7. The lowest BCUT2D eigenvalue weighted by molar-refractivity contribution is 0.102. The number of nitrogens with zero attached hydrogens (tertiary/aromatic N) is 2. The summed E-state index contributed by atoms with van der Waals surface area (Å²) >= 11 is 0. The molecule has 0 saturated carbocycles. The third-order valence-corrected chi connectivity index (χ3v) is 6.93. The fourth-order valence-electron chi connectivity index (χ4n) is 3.36. The highest BCUT2D eigenvalue weighted by atomic mass is 32.2. The van der Waals surface area contributed by atoms with E-state index in [1.165, 1.54) is 16.4 Å². The second-order valence-electron chi connectivity index (χ2n) is 6.93. The molecule has 2 heterocycles. The Morgan fingerprint density at radius 2 is 1.79 bits per heavy atom. The van der Waals surface area contributed by atoms with Crippen molar-refractivity contribution >= 4 is 32.5 Å². The molecule has 1 amide bonds. The molecule has 0 unspecified atom stereocenters. The predicted octanol–water partition coefficient (Wildman–Crippen LogP) is 2.36. The van der Waals surface area contributed by atoms with Gasteiger partial charge in [-0.3, -0.25) is 4.79 Å². The Bertz CT molecular complexity index is 1120. The van der Waals surface area contributed by atoms with E-state index in [2.05, 4.69) is 15.2 Å². The summed E-state index contributed by atoms with van der Waals surface area (Å²) in [5.41, 5.74) is 1.91. The first-order valence-electron chi connectivity index (χ1n) is 9.11. The number of rotatable bonds is 4. The van der Waals surface area contributed by atoms with Crippen molar-refractivity contribution in [3.63, 3.8) is 0 Å². The Balaban J connectivity index is 1.58. The van der Waals surface area contributed by atoms with Crippen molar-refractivity contribution < 1.29 is 13.2 Å². The molecule has 0 bridgehead atoms. The summed E-state index contributed by atoms with van der Waals surface area (Å²) in [6.07, 6.45) is 1.81. The number of H-pyrrole nitrogens is 1. The minimum atomic E-state index is -3.62. The van der Waals surface area contributed by atoms with Crippen LogP contribution in [0.25, 0.3) is 10.9 Å². The molecule has 2 N–H and O–H groups in total. The maximum Gasteiger partial charge on any atom is 0.255 e. The summed E-state index contributed by atoms with van der Waals surface area (Å²) in [4.78, 5) is 18.1. The van der Waals surface area contributed by atoms with Gasteiger partial charge in [0.2, 0.25) is 10.0 Å². The maximum atomic E-state index is 12.9. The molecule has 7 nitrogen and oxygen atoms in total. The average molecular weight is 398 g/mol. The van der Waals surface area contributed by atoms with E-state index in [0.29, 0.717) is 37.4 Å². The molecule has 8 heteroatoms. The van der Waals surface area contributed by atoms with Crippen molar-refractivity contribution in [3.05, 3.63) is 60.3 Å². The van der Waals surface area contributed by atoms with Gasteiger partial charge in [-0.2, -0.15) is 4.31 Å². The van der Waals surface area contributed by atoms with E-state index in [1.54, 1.807) is 12.1 Å². The van der Waals surface area contributed by atoms with Crippen LogP contribution in [0.5, 0.6) is 0 Å². The second kappa shape index (κ2) is 7.38. The van der Waals surface area contributed by atoms with Crippen molar-refractivity contribution in [2.75, 3.05) is 38.5 Å². The first-order chi connectivity index (χ1) is 13.4. The molecule has 1 aliphatic rings. The third-order valence-electron chi connectivity index (χ3n) is 5.04. The Morgan fingerprint density at radius 3 is 2.57 bits per heavy atom. The van der Waals surface area contributed by atoms with Crippen LogP contribution in [-0.2, 0) is 10.0 Å². The molecule has 1 fully saturated rings. The molecular weight excluding hydrogens is 376 g/mol. The SMILES string of the molecule is CN1CCN(S(=O)(=O)c2cccc(C(=O)Nc3cccc4[nH]ccc34)c2)CC1. The lowest BCUT2D eigenvalue weighted by Gasteiger charge is -2.31. The number of benzene rings is 2. The first-order valence-corrected chi connectivity index (χ1v) is 10.6. The molecular formula is C20H22N4O3S. The van der Waals surface area contributed by atoms with Crippen LogP contribution in [0.3, 0.4) is 0 Å². The summed E-state index contributed by atoms with van der Waals surface area (Å²) in [5, 5.41) is 3.78. The molecule has 146 valence electrons. The largest absolute Gasteiger partial charge is 0.361 e. The number of aromatic nitrogens is 1. The second-order valence-corrected chi connectivity index (χ2v) is 8.87. The van der Waals surface area contributed by atoms with Gasteiger partial charge in [0, 0.05) is 48.8 Å². The van der Waals surface area contributed by atoms with E-state index in [9.17, 15) is 13.2 Å². The molecule has 1 aliphatic heterocycles. The zero-order valence-electron chi connectivity index (χ0n) is 15.6. The van der Waals surface area contributed by atoms with Gasteiger partial charge in [-0.25, -0.2) is 8.42 Å². The lowest BCUT2D eigenvalue weighted by atomic mass is 10.2. The van der Waals surface area contributed by atoms with Crippen molar-refractivity contribution in [2.45, 2.75) is 4.90 Å². The van der Waals surface area contributed by atoms with E-state index in [0.717, 1.165) is 10.9 Å². The van der Waals surface area contributed by atoms with Gasteiger partial charge < -0.3 is 15.2 Å². The van der Waals surface area contributed by atoms with E-state index in [-0.39, 0.29) is 10.8 Å². The van der Waals surface area contributed by atoms with Gasteiger partial charge >= 0.3 is 0 Å². The van der Waals surface area contributed by atoms with Crippen LogP contribution in [0, 0.1) is 0 Å². The van der Waals surface area contributed by atoms with Gasteiger partial charge in [-0.15, -0.1) is 0 Å². The van der Waals surface area contributed by atoms with E-state index in [4.69, 9.17) is 0 Å². The van der Waals surface area contributed by atoms with Crippen LogP contribution in [0.15, 0.2) is 59.6 Å². The Labute approximate surface area is 164 Å². The molecule has 1 saturated heterocycles. The minimum absolute atomic E-state index is 0.143. The summed E-state index contributed by atoms with van der Waals surface area (Å²) in [6.45, 7) is 2.29. The van der Waals surface area contributed by atoms with E-state index >= 15 is 0 Å². The number of carbonyl (C=O) groups excluding carboxylic acids is 1. The average Bonchev–Trinajstić information content (AvgIpc) is 3.18. The molecule has 0 atom stereocenters. The van der Waals surface area contributed by atoms with Crippen LogP contribution in [0.2, 0.25) is 0 Å². The van der Waals surface area contributed by atoms with Crippen molar-refractivity contribution in [2.24, 2.45) is 0 Å². The highest BCUT2D eigenvalue weighted by Gasteiger charge is 2.28. The fraction of sp³-hybridized carbons (Fsp3) is 0.250. The minimum Gasteiger partial charge on any atom is -0.361 e. The lowest BCUT2D eigenvalue weighted by Crippen LogP contribution is -2.47. The highest BCUT2D eigenvalue weighted by Crippen LogP contribution is 2.24. The molecule has 4 rings (SSSR count). The molecule has 3 aromatic rings. The Morgan fingerprint density at radius 1 is 1.04 bits per heavy atom. The summed E-state index contributed by atoms with van der Waals surface area (Å²) in [7, 11) is -1.65. The molecule has 28 heavy (non-hydrogen) atoms. The van der Waals surface area contributed by atoms with Gasteiger partial charge in [0.25, 0.3) is 5.91 Å². The number of likely N-dealkylation sites (N-methyl/N-ethyl adjacent to an activating group) is 1. The van der Waals surface area contributed by atoms with Crippen molar-refractivity contribution in [1.29, 1.82) is 0 Å². The maximum absolute atomic E-state index is 12.9. The molecule has 0 spiro atoms. The van der Waals surface area contributed by atoms with Crippen LogP contribution in [0.4, 0.5) is 5.69 Å². The highest BCUT2D eigenvalue weighted by molar-refractivity contribution is 7.89. The van der Waals surface area contributed by atoms with Crippen LogP contribution >= 0.6 is 0 Å². The summed E-state index contributed by atoms with van der Waals surface area (Å²) < 4.78 is 27.4. The number of anilines is 1. The molecule has 1 aromatic heterocycles. The first kappa shape index (κ1) is 18.7. The van der Waals surface area contributed by atoms with Crippen molar-refractivity contribution in [1.82, 2.24) is 14.2 Å². The third kappa shape index (κ3) is 3.54. The zero-order valence-corrected chi connectivity index (χ0v) is 16.4. The van der Waals surface area contributed by atoms with E-state index in [1.807, 2.05) is 37.5 Å². The van der Waals surface area contributed by atoms with Gasteiger partial charge in [0.1, 0.15) is 0 Å². The van der Waals surface area contributed by atoms with Crippen molar-refractivity contribution in [3.8, 4) is 0 Å². The number of piperazine rings is 1. The Hall–Kier alpha value is -2.68. The number of aromatic amines is 1. The number of fused-ring (bicyclic) bond motifs is 1. The molecule has 0 radical (unpaired) electrons. The number of carbonyl (C=O) groups is 1. The summed E-state index contributed by atoms with van der Waals surface area (Å²) in [5.74, 6) is -0.343. The molecule has 2 aromatic carbocycles. The van der Waals surface area contributed by atoms with Gasteiger partial charge in [0.05, 0.1) is 10.6 Å². The molecule has 0 aliphatic carbocycles. The topological polar surface area (TPSA) is 85.5 Å². The predicted molar refractivity (Wildman–Crippen MR) is 109 cm³/mol. The van der Waals surface area contributed by atoms with E-state index < -0.39 is 10.0 Å². The monoisotopic (exact) mass is 398 g/mol. The number of hydrogen-bond acceptors (Lipinski definition) is 4. The quantitative estimate of drug-likeness (QED) is 0.707. The fourth-order valence-corrected chi connectivity index (χ4v) is 4.83. The van der Waals surface area contributed by atoms with Gasteiger partial charge in [-0.05, 0) is 43.4 Å². The van der Waals surface area contributed by atoms with Crippen LogP contribution in [-0.4, -0.2) is 61.7 Å². The number of nitrogens with one attached hydrogen (secondary N) is 2. The smallest absolute Gasteiger partial charge is 0.255 e. The van der Waals surface area contributed by atoms with Crippen LogP contribution in [0.1, 0.15) is 10.4 Å². The zero-order chi connectivity index (χ0) is 19.7. The van der Waals surface area contributed by atoms with Gasteiger partial charge in [0.15, 0.2) is 0 Å². The number of hydrogen-bond donors (Lipinski definition) is 2. The van der Waals surface area contributed by atoms with Crippen LogP contribution < -0.4 is 5.32 Å². The van der Waals surface area contributed by atoms with Gasteiger partial charge in [-0.1, -0.05) is 12.1 Å². The Kier molecular flexibility index (Phi) is 4.92.